The minimum atomic E-state index is -1.51. The number of nitrogens with zero attached hydrogens (tertiary/aromatic N) is 1. The van der Waals surface area contributed by atoms with Gasteiger partial charge in [-0.15, -0.1) is 0 Å². The smallest absolute Gasteiger partial charge is 0.379 e. The number of nitro groups is 1. The van der Waals surface area contributed by atoms with E-state index in [9.17, 15) is 14.9 Å². The molecule has 0 amide bonds. The molecular formula is C20H29NO4. The van der Waals surface area contributed by atoms with Crippen LogP contribution >= 0.6 is 0 Å². The van der Waals surface area contributed by atoms with Crippen LogP contribution in [0.2, 0.25) is 0 Å². The molecular weight excluding hydrogens is 318 g/mol. The predicted octanol–water partition coefficient (Wildman–Crippen LogP) is 5.25. The molecule has 25 heavy (non-hydrogen) atoms. The third-order valence-electron chi connectivity index (χ3n) is 3.30. The molecule has 0 bridgehead atoms. The third-order valence-corrected chi connectivity index (χ3v) is 3.30. The highest BCUT2D eigenvalue weighted by molar-refractivity contribution is 5.71. The van der Waals surface area contributed by atoms with Gasteiger partial charge in [-0.1, -0.05) is 67.7 Å². The van der Waals surface area contributed by atoms with Crippen LogP contribution in [0, 0.1) is 10.1 Å². The molecule has 138 valence electrons. The molecule has 1 atom stereocenters. The Labute approximate surface area is 150 Å². The van der Waals surface area contributed by atoms with Crippen molar-refractivity contribution in [3.63, 3.8) is 0 Å². The zero-order chi connectivity index (χ0) is 18.8. The molecule has 0 heterocycles. The van der Waals surface area contributed by atoms with Gasteiger partial charge in [-0.25, -0.2) is 4.79 Å². The Balaban J connectivity index is 3.71. The lowest BCUT2D eigenvalue weighted by Gasteiger charge is -2.01. The van der Waals surface area contributed by atoms with Gasteiger partial charge < -0.3 is 5.11 Å². The van der Waals surface area contributed by atoms with Crippen LogP contribution in [-0.4, -0.2) is 22.0 Å². The molecule has 5 heteroatoms. The molecule has 5 nitrogen and oxygen atoms in total. The lowest BCUT2D eigenvalue weighted by Crippen LogP contribution is -2.28. The van der Waals surface area contributed by atoms with E-state index in [1.807, 2.05) is 12.2 Å². The first kappa shape index (κ1) is 22.6. The molecule has 0 aromatic carbocycles. The lowest BCUT2D eigenvalue weighted by molar-refractivity contribution is -0.510. The maximum absolute atomic E-state index is 10.6. The van der Waals surface area contributed by atoms with E-state index in [2.05, 4.69) is 49.5 Å². The van der Waals surface area contributed by atoms with E-state index in [0.29, 0.717) is 6.42 Å². The topological polar surface area (TPSA) is 80.4 Å². The van der Waals surface area contributed by atoms with Gasteiger partial charge >= 0.3 is 12.0 Å². The van der Waals surface area contributed by atoms with E-state index in [0.717, 1.165) is 32.1 Å². The minimum Gasteiger partial charge on any atom is -0.476 e. The zero-order valence-electron chi connectivity index (χ0n) is 14.9. The van der Waals surface area contributed by atoms with Gasteiger partial charge in [0.25, 0.3) is 0 Å². The van der Waals surface area contributed by atoms with Crippen molar-refractivity contribution in [2.45, 2.75) is 57.9 Å². The summed E-state index contributed by atoms with van der Waals surface area (Å²) < 4.78 is 0. The monoisotopic (exact) mass is 347 g/mol. The van der Waals surface area contributed by atoms with E-state index in [1.165, 1.54) is 0 Å². The van der Waals surface area contributed by atoms with E-state index in [1.54, 1.807) is 6.08 Å². The maximum Gasteiger partial charge on any atom is 0.379 e. The fourth-order valence-electron chi connectivity index (χ4n) is 1.94. The van der Waals surface area contributed by atoms with Gasteiger partial charge in [-0.05, 0) is 38.5 Å². The molecule has 0 saturated heterocycles. The minimum absolute atomic E-state index is 0.0209. The molecule has 0 rings (SSSR count). The first-order valence-electron chi connectivity index (χ1n) is 8.70. The SMILES string of the molecule is CCC=CCC=CCC=CCC=CCC=CCCC(C(=O)O)[N+](=O)[O-]. The maximum atomic E-state index is 10.6. The number of allylic oxidation sites excluding steroid dienone is 10. The Hall–Kier alpha value is -2.43. The Morgan fingerprint density at radius 3 is 1.64 bits per heavy atom. The van der Waals surface area contributed by atoms with Crippen LogP contribution in [0.25, 0.3) is 0 Å². The molecule has 0 radical (unpaired) electrons. The van der Waals surface area contributed by atoms with Crippen molar-refractivity contribution in [2.75, 3.05) is 0 Å². The van der Waals surface area contributed by atoms with Crippen molar-refractivity contribution in [1.82, 2.24) is 0 Å². The van der Waals surface area contributed by atoms with Crippen molar-refractivity contribution < 1.29 is 14.8 Å². The molecule has 0 aliphatic carbocycles. The summed E-state index contributed by atoms with van der Waals surface area (Å²) in [5, 5.41) is 19.2. The van der Waals surface area contributed by atoms with Gasteiger partial charge in [0.2, 0.25) is 0 Å². The van der Waals surface area contributed by atoms with Crippen molar-refractivity contribution in [3.8, 4) is 0 Å². The van der Waals surface area contributed by atoms with Crippen LogP contribution in [0.3, 0.4) is 0 Å². The van der Waals surface area contributed by atoms with Gasteiger partial charge in [0, 0.05) is 11.3 Å². The second-order valence-corrected chi connectivity index (χ2v) is 5.42. The number of rotatable bonds is 14. The van der Waals surface area contributed by atoms with Gasteiger partial charge in [-0.2, -0.15) is 0 Å². The quantitative estimate of drug-likeness (QED) is 0.264. The second kappa shape index (κ2) is 16.4. The Kier molecular flexibility index (Phi) is 14.8. The van der Waals surface area contributed by atoms with E-state index < -0.39 is 16.9 Å². The van der Waals surface area contributed by atoms with E-state index in [4.69, 9.17) is 5.11 Å². The Morgan fingerprint density at radius 2 is 1.28 bits per heavy atom. The average molecular weight is 347 g/mol. The van der Waals surface area contributed by atoms with Gasteiger partial charge in [0.15, 0.2) is 0 Å². The molecule has 0 aromatic rings. The van der Waals surface area contributed by atoms with Crippen molar-refractivity contribution in [2.24, 2.45) is 0 Å². The molecule has 0 aromatic heterocycles. The predicted molar refractivity (Wildman–Crippen MR) is 102 cm³/mol. The molecule has 0 fully saturated rings. The van der Waals surface area contributed by atoms with E-state index in [-0.39, 0.29) is 6.42 Å². The van der Waals surface area contributed by atoms with Gasteiger partial charge in [0.05, 0.1) is 0 Å². The normalized spacial score (nSPS) is 13.8. The van der Waals surface area contributed by atoms with Crippen molar-refractivity contribution in [3.05, 3.63) is 70.9 Å². The Bertz CT molecular complexity index is 502. The van der Waals surface area contributed by atoms with Crippen LogP contribution in [0.1, 0.15) is 51.9 Å². The number of carbonyl (C=O) groups is 1. The van der Waals surface area contributed by atoms with Crippen LogP contribution in [-0.2, 0) is 4.79 Å². The summed E-state index contributed by atoms with van der Waals surface area (Å²) >= 11 is 0. The fourth-order valence-corrected chi connectivity index (χ4v) is 1.94. The number of carboxylic acid groups (broad SMARTS) is 1. The number of hydrogen-bond donors (Lipinski definition) is 1. The number of aliphatic carboxylic acids is 1. The summed E-state index contributed by atoms with van der Waals surface area (Å²) in [7, 11) is 0. The summed E-state index contributed by atoms with van der Waals surface area (Å²) in [6, 6.07) is -1.51. The zero-order valence-corrected chi connectivity index (χ0v) is 14.9. The summed E-state index contributed by atoms with van der Waals surface area (Å²) in [5.74, 6) is -1.38. The molecule has 1 N–H and O–H groups in total. The number of hydrogen-bond acceptors (Lipinski definition) is 3. The Morgan fingerprint density at radius 1 is 0.880 bits per heavy atom. The van der Waals surface area contributed by atoms with E-state index >= 15 is 0 Å². The number of carboxylic acids is 1. The van der Waals surface area contributed by atoms with Gasteiger partial charge in [0.1, 0.15) is 0 Å². The molecule has 0 aliphatic heterocycles. The summed E-state index contributed by atoms with van der Waals surface area (Å²) in [6.07, 6.45) is 25.7. The van der Waals surface area contributed by atoms with Crippen LogP contribution in [0.15, 0.2) is 60.8 Å². The standard InChI is InChI=1S/C20H29NO4/c1-2-3-4-5-6-7-8-9-10-11-12-13-14-15-16-17-18-19(20(22)23)21(24)25/h3-4,6-7,9-10,12-13,15-16,19H,2,5,8,11,14,17-18H2,1H3,(H,22,23). The molecule has 0 spiro atoms. The van der Waals surface area contributed by atoms with Crippen LogP contribution in [0.5, 0.6) is 0 Å². The van der Waals surface area contributed by atoms with Gasteiger partial charge in [-0.3, -0.25) is 10.1 Å². The third kappa shape index (κ3) is 14.9. The van der Waals surface area contributed by atoms with Crippen molar-refractivity contribution >= 4 is 5.97 Å². The second-order valence-electron chi connectivity index (χ2n) is 5.42. The fraction of sp³-hybridized carbons (Fsp3) is 0.450. The first-order chi connectivity index (χ1) is 12.1. The van der Waals surface area contributed by atoms with Crippen molar-refractivity contribution in [1.29, 1.82) is 0 Å². The summed E-state index contributed by atoms with van der Waals surface area (Å²) in [6.45, 7) is 2.12. The highest BCUT2D eigenvalue weighted by Gasteiger charge is 2.27. The highest BCUT2D eigenvalue weighted by Crippen LogP contribution is 2.03. The van der Waals surface area contributed by atoms with Crippen LogP contribution < -0.4 is 0 Å². The first-order valence-corrected chi connectivity index (χ1v) is 8.70. The molecule has 0 saturated carbocycles. The summed E-state index contributed by atoms with van der Waals surface area (Å²) in [4.78, 5) is 20.4. The highest BCUT2D eigenvalue weighted by atomic mass is 16.6. The largest absolute Gasteiger partial charge is 0.476 e. The molecule has 0 aliphatic rings. The summed E-state index contributed by atoms with van der Waals surface area (Å²) in [5.41, 5.74) is 0. The van der Waals surface area contributed by atoms with Crippen LogP contribution in [0.4, 0.5) is 0 Å². The lowest BCUT2D eigenvalue weighted by atomic mass is 10.1. The average Bonchev–Trinajstić information content (AvgIpc) is 2.57. The molecule has 1 unspecified atom stereocenters.